The summed E-state index contributed by atoms with van der Waals surface area (Å²) in [6.07, 6.45) is -4.01. The van der Waals surface area contributed by atoms with Crippen LogP contribution in [-0.4, -0.2) is 87.8 Å². The number of ketones is 6. The van der Waals surface area contributed by atoms with E-state index >= 15 is 0 Å². The summed E-state index contributed by atoms with van der Waals surface area (Å²) < 4.78 is 0. The van der Waals surface area contributed by atoms with Crippen LogP contribution in [0.4, 0.5) is 0 Å². The molecule has 0 rings (SSSR count). The van der Waals surface area contributed by atoms with E-state index in [1.807, 2.05) is 0 Å². The van der Waals surface area contributed by atoms with Crippen LogP contribution in [0.5, 0.6) is 0 Å². The molecule has 15 heteroatoms. The summed E-state index contributed by atoms with van der Waals surface area (Å²) in [5.74, 6) is -2.07. The molecular formula is C39H73O14Ta-3. The van der Waals surface area contributed by atoms with Crippen LogP contribution < -0.4 is 0 Å². The Hall–Kier alpha value is -1.56. The molecule has 0 aromatic heterocycles. The zero-order valence-electron chi connectivity index (χ0n) is 36.3. The second-order valence-corrected chi connectivity index (χ2v) is 17.9. The van der Waals surface area contributed by atoms with Gasteiger partial charge in [0.1, 0.15) is 34.7 Å². The minimum atomic E-state index is -1.37. The Morgan fingerprint density at radius 3 is 0.556 bits per heavy atom. The minimum absolute atomic E-state index is 0. The number of rotatable bonds is 12. The number of carbonyl (C=O) groups is 6. The SMILES string of the molecule is CC(C)(C)C(=O)CC(=O)C(C)(C)[C-](O)O.CC(C)(C)C(=O)CC(=O)C(C)(C)[C-](O)O.CC(C)(C)C(=O)CC(=O)C(C)(C)[C-](O)O.CC(C)O.CC(C)O.[Ta]. The molecule has 1 radical (unpaired) electrons. The zero-order valence-corrected chi connectivity index (χ0v) is 39.5. The topological polar surface area (TPSA) is 264 Å². The predicted octanol–water partition coefficient (Wildman–Crippen LogP) is 6.24. The molecule has 321 valence electrons. The molecule has 0 aliphatic rings. The van der Waals surface area contributed by atoms with Crippen LogP contribution in [0, 0.1) is 51.4 Å². The molecule has 0 saturated carbocycles. The fraction of sp³-hybridized carbons (Fsp3) is 0.769. The van der Waals surface area contributed by atoms with Crippen molar-refractivity contribution in [2.45, 2.75) is 163 Å². The molecule has 0 amide bonds. The molecule has 0 saturated heterocycles. The van der Waals surface area contributed by atoms with E-state index in [1.54, 1.807) is 90.0 Å². The molecule has 0 heterocycles. The van der Waals surface area contributed by atoms with Crippen molar-refractivity contribution >= 4 is 34.7 Å². The van der Waals surface area contributed by atoms with E-state index in [0.717, 1.165) is 0 Å². The Labute approximate surface area is 340 Å². The normalized spacial score (nSPS) is 12.2. The van der Waals surface area contributed by atoms with Crippen molar-refractivity contribution in [3.05, 3.63) is 18.9 Å². The van der Waals surface area contributed by atoms with E-state index in [1.165, 1.54) is 41.5 Å². The summed E-state index contributed by atoms with van der Waals surface area (Å²) in [7, 11) is 0. The summed E-state index contributed by atoms with van der Waals surface area (Å²) in [6.45, 7) is 30.6. The second-order valence-electron chi connectivity index (χ2n) is 17.9. The number of aliphatic hydroxyl groups excluding tert-OH is 5. The van der Waals surface area contributed by atoms with Crippen molar-refractivity contribution < 1.29 is 92.0 Å². The Kier molecular flexibility index (Phi) is 31.4. The van der Waals surface area contributed by atoms with Crippen molar-refractivity contribution in [1.82, 2.24) is 0 Å². The molecule has 54 heavy (non-hydrogen) atoms. The van der Waals surface area contributed by atoms with Gasteiger partial charge in [0.2, 0.25) is 0 Å². The van der Waals surface area contributed by atoms with Gasteiger partial charge >= 0.3 is 0 Å². The van der Waals surface area contributed by atoms with Gasteiger partial charge in [-0.25, -0.2) is 0 Å². The first-order chi connectivity index (χ1) is 22.9. The molecule has 0 aliphatic heterocycles. The Morgan fingerprint density at radius 1 is 0.370 bits per heavy atom. The minimum Gasteiger partial charge on any atom is -0.535 e. The number of aliphatic hydroxyl groups is 8. The molecule has 0 atom stereocenters. The third-order valence-corrected chi connectivity index (χ3v) is 7.24. The summed E-state index contributed by atoms with van der Waals surface area (Å²) in [5.41, 5.74) is -5.88. The average molecular weight is 947 g/mol. The van der Waals surface area contributed by atoms with E-state index in [9.17, 15) is 28.8 Å². The van der Waals surface area contributed by atoms with E-state index < -0.39 is 68.7 Å². The van der Waals surface area contributed by atoms with Gasteiger partial charge in [-0.05, 0) is 27.7 Å². The number of hydrogen-bond acceptors (Lipinski definition) is 14. The Balaban J connectivity index is -0.000000144. The molecule has 14 nitrogen and oxygen atoms in total. The average Bonchev–Trinajstić information content (AvgIpc) is 2.90. The molecule has 0 aliphatic carbocycles. The number of Topliss-reactive ketones (excluding diaryl/α,β-unsaturated/α-hetero) is 6. The summed E-state index contributed by atoms with van der Waals surface area (Å²) >= 11 is 0. The largest absolute Gasteiger partial charge is 0.535 e. The van der Waals surface area contributed by atoms with Gasteiger partial charge < -0.3 is 55.2 Å². The first-order valence-electron chi connectivity index (χ1n) is 17.3. The van der Waals surface area contributed by atoms with Crippen LogP contribution in [0.3, 0.4) is 0 Å². The summed E-state index contributed by atoms with van der Waals surface area (Å²) in [4.78, 5) is 69.5. The first-order valence-corrected chi connectivity index (χ1v) is 17.3. The predicted molar refractivity (Wildman–Crippen MR) is 200 cm³/mol. The molecule has 8 N–H and O–H groups in total. The van der Waals surface area contributed by atoms with Gasteiger partial charge in [0.05, 0.1) is 19.3 Å². The maximum atomic E-state index is 11.6. The van der Waals surface area contributed by atoms with Crippen LogP contribution >= 0.6 is 0 Å². The summed E-state index contributed by atoms with van der Waals surface area (Å²) in [6, 6.07) is 0. The van der Waals surface area contributed by atoms with Gasteiger partial charge in [0.15, 0.2) is 0 Å². The second kappa shape index (κ2) is 26.4. The quantitative estimate of drug-likeness (QED) is 0.0796. The van der Waals surface area contributed by atoms with Gasteiger partial charge in [0, 0.05) is 50.8 Å². The smallest absolute Gasteiger partial charge is 0.145 e. The molecule has 0 aromatic carbocycles. The van der Waals surface area contributed by atoms with Crippen LogP contribution in [-0.2, 0) is 51.1 Å². The maximum Gasteiger partial charge on any atom is 0.145 e. The van der Waals surface area contributed by atoms with Crippen LogP contribution in [0.15, 0.2) is 0 Å². The van der Waals surface area contributed by atoms with Crippen LogP contribution in [0.2, 0.25) is 0 Å². The molecule has 0 bridgehead atoms. The van der Waals surface area contributed by atoms with Crippen LogP contribution in [0.25, 0.3) is 0 Å². The fourth-order valence-electron chi connectivity index (χ4n) is 2.27. The van der Waals surface area contributed by atoms with Gasteiger partial charge in [-0.2, -0.15) is 0 Å². The Morgan fingerprint density at radius 2 is 0.481 bits per heavy atom. The van der Waals surface area contributed by atoms with Crippen molar-refractivity contribution in [2.75, 3.05) is 0 Å². The van der Waals surface area contributed by atoms with Gasteiger partial charge in [-0.3, -0.25) is 14.4 Å². The molecular weight excluding hydrogens is 873 g/mol. The van der Waals surface area contributed by atoms with Gasteiger partial charge in [-0.15, -0.1) is 0 Å². The van der Waals surface area contributed by atoms with E-state index in [-0.39, 0.29) is 71.2 Å². The van der Waals surface area contributed by atoms with E-state index in [2.05, 4.69) is 0 Å². The van der Waals surface area contributed by atoms with Crippen LogP contribution in [0.1, 0.15) is 151 Å². The molecule has 0 spiro atoms. The van der Waals surface area contributed by atoms with E-state index in [4.69, 9.17) is 40.9 Å². The molecule has 0 fully saturated rings. The maximum absolute atomic E-state index is 11.6. The van der Waals surface area contributed by atoms with Gasteiger partial charge in [0.25, 0.3) is 0 Å². The van der Waals surface area contributed by atoms with Crippen molar-refractivity contribution in [3.63, 3.8) is 0 Å². The standard InChI is InChI=1S/3C11H19O4.2C3H8O.Ta/c3*1-10(2,3)7(12)6-8(13)11(4,5)9(14)15;2*1-3(2)4;/h3*14-15H,6H2,1-5H3;2*3-4H,1-2H3;/q3*-1;;;. The monoisotopic (exact) mass is 946 g/mol. The number of hydrogen-bond donors (Lipinski definition) is 8. The Bertz CT molecular complexity index is 1000. The van der Waals surface area contributed by atoms with E-state index in [0.29, 0.717) is 0 Å². The first kappa shape index (κ1) is 64.3. The third kappa shape index (κ3) is 29.7. The van der Waals surface area contributed by atoms with Crippen molar-refractivity contribution in [3.8, 4) is 0 Å². The van der Waals surface area contributed by atoms with Crippen molar-refractivity contribution in [2.24, 2.45) is 32.5 Å². The fourth-order valence-corrected chi connectivity index (χ4v) is 2.27. The van der Waals surface area contributed by atoms with Gasteiger partial charge in [-0.1, -0.05) is 139 Å². The number of carbonyl (C=O) groups excluding carboxylic acids is 6. The summed E-state index contributed by atoms with van der Waals surface area (Å²) in [5, 5.41) is 69.5. The third-order valence-electron chi connectivity index (χ3n) is 7.24. The molecule has 0 aromatic rings. The van der Waals surface area contributed by atoms with Crippen molar-refractivity contribution in [1.29, 1.82) is 0 Å². The zero-order chi connectivity index (χ0) is 44.5. The molecule has 0 unspecified atom stereocenters.